The number of halogens is 3. The summed E-state index contributed by atoms with van der Waals surface area (Å²) in [6.07, 6.45) is -4.69. The Bertz CT molecular complexity index is 752. The van der Waals surface area contributed by atoms with Crippen molar-refractivity contribution < 1.29 is 17.9 Å². The first-order valence-electron chi connectivity index (χ1n) is 9.51. The van der Waals surface area contributed by atoms with Crippen molar-refractivity contribution in [3.05, 3.63) is 41.7 Å². The van der Waals surface area contributed by atoms with Gasteiger partial charge in [-0.1, -0.05) is 44.2 Å². The maximum atomic E-state index is 12.3. The number of benzene rings is 1. The molecule has 1 saturated heterocycles. The SMILES string of the molecule is CC.CN(N)c1nc(C(F)(F)F)nc(N)c1N.c1ccc(CN2CCOCC2)cc1. The van der Waals surface area contributed by atoms with E-state index in [2.05, 4.69) is 45.2 Å². The van der Waals surface area contributed by atoms with Crippen LogP contribution in [0.2, 0.25) is 0 Å². The number of ether oxygens (including phenoxy) is 1. The van der Waals surface area contributed by atoms with Crippen LogP contribution in [0.3, 0.4) is 0 Å². The summed E-state index contributed by atoms with van der Waals surface area (Å²) < 4.78 is 42.1. The van der Waals surface area contributed by atoms with Crippen LogP contribution < -0.4 is 22.3 Å². The van der Waals surface area contributed by atoms with Gasteiger partial charge in [0.15, 0.2) is 11.6 Å². The Morgan fingerprint density at radius 1 is 1.07 bits per heavy atom. The molecule has 3 rings (SSSR count). The molecule has 2 heterocycles. The van der Waals surface area contributed by atoms with Gasteiger partial charge in [0, 0.05) is 26.7 Å². The molecule has 1 aliphatic rings. The lowest BCUT2D eigenvalue weighted by Gasteiger charge is -2.26. The number of morpholine rings is 1. The summed E-state index contributed by atoms with van der Waals surface area (Å²) >= 11 is 0. The Balaban J connectivity index is 0.000000279. The highest BCUT2D eigenvalue weighted by molar-refractivity contribution is 5.73. The van der Waals surface area contributed by atoms with E-state index in [1.165, 1.54) is 12.6 Å². The molecule has 168 valence electrons. The molecule has 0 bridgehead atoms. The first-order chi connectivity index (χ1) is 14.2. The van der Waals surface area contributed by atoms with Crippen LogP contribution in [0.4, 0.5) is 30.5 Å². The van der Waals surface area contributed by atoms with Crippen LogP contribution in [0.25, 0.3) is 0 Å². The fraction of sp³-hybridized carbons (Fsp3) is 0.474. The Labute approximate surface area is 174 Å². The molecular weight excluding hydrogens is 399 g/mol. The van der Waals surface area contributed by atoms with Gasteiger partial charge in [0.25, 0.3) is 0 Å². The Kier molecular flexibility index (Phi) is 10.3. The molecule has 0 amide bonds. The van der Waals surface area contributed by atoms with Gasteiger partial charge in [-0.3, -0.25) is 9.91 Å². The van der Waals surface area contributed by atoms with Crippen molar-refractivity contribution in [1.82, 2.24) is 14.9 Å². The van der Waals surface area contributed by atoms with E-state index in [4.69, 9.17) is 22.0 Å². The van der Waals surface area contributed by atoms with Crippen LogP contribution in [-0.4, -0.2) is 48.2 Å². The molecule has 6 N–H and O–H groups in total. The topological polar surface area (TPSA) is 120 Å². The van der Waals surface area contributed by atoms with Crippen LogP contribution >= 0.6 is 0 Å². The Morgan fingerprint density at radius 3 is 2.13 bits per heavy atom. The summed E-state index contributed by atoms with van der Waals surface area (Å²) in [7, 11) is 1.29. The second-order valence-electron chi connectivity index (χ2n) is 6.15. The van der Waals surface area contributed by atoms with Crippen molar-refractivity contribution in [3.63, 3.8) is 0 Å². The minimum atomic E-state index is -4.69. The van der Waals surface area contributed by atoms with Gasteiger partial charge in [0.05, 0.1) is 13.2 Å². The van der Waals surface area contributed by atoms with Crippen molar-refractivity contribution >= 4 is 17.3 Å². The predicted octanol–water partition coefficient (Wildman–Crippen LogP) is 2.51. The maximum Gasteiger partial charge on any atom is 0.451 e. The fourth-order valence-corrected chi connectivity index (χ4v) is 2.47. The zero-order valence-electron chi connectivity index (χ0n) is 17.5. The van der Waals surface area contributed by atoms with Crippen molar-refractivity contribution in [3.8, 4) is 0 Å². The number of hydrazine groups is 1. The molecule has 8 nitrogen and oxygen atoms in total. The van der Waals surface area contributed by atoms with E-state index in [-0.39, 0.29) is 11.5 Å². The molecular formula is C19H30F3N7O. The smallest absolute Gasteiger partial charge is 0.393 e. The van der Waals surface area contributed by atoms with Crippen LogP contribution in [0, 0.1) is 0 Å². The summed E-state index contributed by atoms with van der Waals surface area (Å²) in [5.41, 5.74) is 11.8. The zero-order chi connectivity index (χ0) is 22.7. The van der Waals surface area contributed by atoms with Gasteiger partial charge in [-0.05, 0) is 5.56 Å². The van der Waals surface area contributed by atoms with Gasteiger partial charge in [-0.25, -0.2) is 15.8 Å². The number of rotatable bonds is 3. The molecule has 0 saturated carbocycles. The third-order valence-corrected chi connectivity index (χ3v) is 3.90. The number of aromatic nitrogens is 2. The fourth-order valence-electron chi connectivity index (χ4n) is 2.47. The van der Waals surface area contributed by atoms with Crippen molar-refractivity contribution in [1.29, 1.82) is 0 Å². The van der Waals surface area contributed by atoms with E-state index in [9.17, 15) is 13.2 Å². The lowest BCUT2D eigenvalue weighted by atomic mass is 10.2. The molecule has 0 spiro atoms. The van der Waals surface area contributed by atoms with E-state index in [1.54, 1.807) is 0 Å². The monoisotopic (exact) mass is 429 g/mol. The molecule has 1 fully saturated rings. The Hall–Kier alpha value is -2.63. The third kappa shape index (κ3) is 8.01. The predicted molar refractivity (Wildman–Crippen MR) is 112 cm³/mol. The molecule has 0 atom stereocenters. The van der Waals surface area contributed by atoms with Crippen LogP contribution in [0.15, 0.2) is 30.3 Å². The number of nitrogens with zero attached hydrogens (tertiary/aromatic N) is 4. The van der Waals surface area contributed by atoms with Gasteiger partial charge in [-0.15, -0.1) is 0 Å². The summed E-state index contributed by atoms with van der Waals surface area (Å²) in [4.78, 5) is 8.61. The molecule has 2 aromatic rings. The molecule has 0 unspecified atom stereocenters. The van der Waals surface area contributed by atoms with Crippen LogP contribution in [-0.2, 0) is 17.5 Å². The van der Waals surface area contributed by atoms with E-state index < -0.39 is 17.8 Å². The molecule has 1 aromatic carbocycles. The summed E-state index contributed by atoms with van der Waals surface area (Å²) in [6.45, 7) is 8.95. The normalized spacial score (nSPS) is 14.1. The second kappa shape index (κ2) is 12.2. The third-order valence-electron chi connectivity index (χ3n) is 3.90. The number of anilines is 3. The van der Waals surface area contributed by atoms with Crippen LogP contribution in [0.1, 0.15) is 25.2 Å². The molecule has 0 radical (unpaired) electrons. The quantitative estimate of drug-likeness (QED) is 0.503. The van der Waals surface area contributed by atoms with E-state index in [0.29, 0.717) is 0 Å². The summed E-state index contributed by atoms with van der Waals surface area (Å²) in [5, 5.41) is 0.836. The number of alkyl halides is 3. The van der Waals surface area contributed by atoms with Crippen LogP contribution in [0.5, 0.6) is 0 Å². The molecule has 11 heteroatoms. The van der Waals surface area contributed by atoms with Crippen molar-refractivity contribution in [2.45, 2.75) is 26.6 Å². The van der Waals surface area contributed by atoms with Gasteiger partial charge >= 0.3 is 6.18 Å². The highest BCUT2D eigenvalue weighted by Gasteiger charge is 2.36. The minimum Gasteiger partial charge on any atom is -0.393 e. The van der Waals surface area contributed by atoms with Crippen molar-refractivity contribution in [2.75, 3.05) is 49.8 Å². The summed E-state index contributed by atoms with van der Waals surface area (Å²) in [6, 6.07) is 10.6. The highest BCUT2D eigenvalue weighted by Crippen LogP contribution is 2.31. The Morgan fingerprint density at radius 2 is 1.63 bits per heavy atom. The lowest BCUT2D eigenvalue weighted by Crippen LogP contribution is -2.35. The maximum absolute atomic E-state index is 12.3. The van der Waals surface area contributed by atoms with Gasteiger partial charge in [0.2, 0.25) is 5.82 Å². The van der Waals surface area contributed by atoms with Gasteiger partial charge < -0.3 is 16.2 Å². The second-order valence-corrected chi connectivity index (χ2v) is 6.15. The van der Waals surface area contributed by atoms with Gasteiger partial charge in [0.1, 0.15) is 5.69 Å². The number of nitrogen functional groups attached to an aromatic ring is 2. The first kappa shape index (κ1) is 25.4. The minimum absolute atomic E-state index is 0.187. The van der Waals surface area contributed by atoms with E-state index in [1.807, 2.05) is 13.8 Å². The summed E-state index contributed by atoms with van der Waals surface area (Å²) in [5.74, 6) is 3.14. The van der Waals surface area contributed by atoms with E-state index in [0.717, 1.165) is 37.9 Å². The molecule has 0 aliphatic carbocycles. The lowest BCUT2D eigenvalue weighted by molar-refractivity contribution is -0.144. The van der Waals surface area contributed by atoms with Gasteiger partial charge in [-0.2, -0.15) is 13.2 Å². The molecule has 1 aromatic heterocycles. The molecule has 30 heavy (non-hydrogen) atoms. The van der Waals surface area contributed by atoms with E-state index >= 15 is 0 Å². The zero-order valence-corrected chi connectivity index (χ0v) is 17.5. The largest absolute Gasteiger partial charge is 0.451 e. The number of hydrogen-bond donors (Lipinski definition) is 3. The van der Waals surface area contributed by atoms with Crippen molar-refractivity contribution in [2.24, 2.45) is 5.84 Å². The molecule has 1 aliphatic heterocycles. The highest BCUT2D eigenvalue weighted by atomic mass is 19.4. The average Bonchev–Trinajstić information content (AvgIpc) is 2.72. The average molecular weight is 429 g/mol. The standard InChI is InChI=1S/C11H15NO.C6H9F3N6.C2H6/c1-2-4-11(5-3-1)10-12-6-8-13-9-7-12;1-15(12)4-2(10)3(11)13-5(14-4)6(7,8)9;1-2/h1-5H,6-10H2;10,12H2,1H3,(H2,11,13,14);1-2H3. The number of nitrogens with two attached hydrogens (primary N) is 3. The number of hydrogen-bond acceptors (Lipinski definition) is 8. The first-order valence-corrected chi connectivity index (χ1v) is 9.51.